The minimum atomic E-state index is -0.402. The van der Waals surface area contributed by atoms with Crippen LogP contribution < -0.4 is 5.73 Å². The first kappa shape index (κ1) is 21.1. The van der Waals surface area contributed by atoms with Crippen molar-refractivity contribution in [2.24, 2.45) is 0 Å². The number of aryl methyl sites for hydroxylation is 2. The number of H-pyrrole nitrogens is 1. The fraction of sp³-hybridized carbons (Fsp3) is 0.269. The van der Waals surface area contributed by atoms with Crippen molar-refractivity contribution < 1.29 is 4.39 Å². The van der Waals surface area contributed by atoms with Crippen LogP contribution in [-0.4, -0.2) is 24.6 Å². The van der Waals surface area contributed by atoms with Crippen LogP contribution in [0.25, 0.3) is 27.8 Å². The second-order valence-electron chi connectivity index (χ2n) is 8.78. The molecule has 0 radical (unpaired) electrons. The van der Waals surface area contributed by atoms with Gasteiger partial charge in [0.1, 0.15) is 11.6 Å². The van der Waals surface area contributed by atoms with E-state index in [4.69, 9.17) is 5.73 Å². The number of fused-ring (bicyclic) bond motifs is 4. The monoisotopic (exact) mass is 442 g/mol. The lowest BCUT2D eigenvalue weighted by atomic mass is 9.96. The SMILES string of the molecule is CC(C)c1cnn2c(N)cc(-c3cncc(F)c3)nc12.c1ccc2c3c([nH]c2c1)CCCC3. The molecular weight excluding hydrogens is 415 g/mol. The van der Waals surface area contributed by atoms with Gasteiger partial charge >= 0.3 is 0 Å². The number of rotatable bonds is 2. The smallest absolute Gasteiger partial charge is 0.161 e. The predicted octanol–water partition coefficient (Wildman–Crippen LogP) is 5.68. The van der Waals surface area contributed by atoms with E-state index < -0.39 is 5.82 Å². The summed E-state index contributed by atoms with van der Waals surface area (Å²) in [6, 6.07) is 11.7. The molecule has 1 aromatic carbocycles. The molecule has 0 bridgehead atoms. The quantitative estimate of drug-likeness (QED) is 0.368. The van der Waals surface area contributed by atoms with E-state index in [1.807, 2.05) is 0 Å². The molecule has 0 aliphatic heterocycles. The van der Waals surface area contributed by atoms with Crippen molar-refractivity contribution >= 4 is 22.4 Å². The maximum absolute atomic E-state index is 13.3. The maximum Gasteiger partial charge on any atom is 0.161 e. The van der Waals surface area contributed by atoms with Crippen molar-refractivity contribution in [3.05, 3.63) is 77.6 Å². The van der Waals surface area contributed by atoms with Gasteiger partial charge in [-0.1, -0.05) is 32.0 Å². The van der Waals surface area contributed by atoms with Crippen LogP contribution in [0.1, 0.15) is 49.4 Å². The maximum atomic E-state index is 13.3. The molecular formula is C26H27FN6. The summed E-state index contributed by atoms with van der Waals surface area (Å²) in [5.41, 5.74) is 13.2. The molecule has 0 amide bonds. The number of aromatic amines is 1. The molecule has 1 aliphatic carbocycles. The van der Waals surface area contributed by atoms with E-state index >= 15 is 0 Å². The van der Waals surface area contributed by atoms with Gasteiger partial charge < -0.3 is 10.7 Å². The van der Waals surface area contributed by atoms with Gasteiger partial charge in [-0.15, -0.1) is 0 Å². The number of anilines is 1. The molecule has 0 saturated carbocycles. The number of nitrogens with two attached hydrogens (primary N) is 1. The molecule has 1 aliphatic rings. The molecule has 0 unspecified atom stereocenters. The van der Waals surface area contributed by atoms with Crippen LogP contribution in [0.15, 0.2) is 55.0 Å². The lowest BCUT2D eigenvalue weighted by molar-refractivity contribution is 0.622. The Kier molecular flexibility index (Phi) is 5.54. The summed E-state index contributed by atoms with van der Waals surface area (Å²) in [5, 5.41) is 5.67. The van der Waals surface area contributed by atoms with E-state index in [0.717, 1.165) is 11.8 Å². The van der Waals surface area contributed by atoms with Gasteiger partial charge in [0.05, 0.1) is 18.1 Å². The van der Waals surface area contributed by atoms with E-state index in [1.165, 1.54) is 48.3 Å². The van der Waals surface area contributed by atoms with Crippen LogP contribution in [-0.2, 0) is 12.8 Å². The first-order valence-electron chi connectivity index (χ1n) is 11.3. The molecule has 0 spiro atoms. The van der Waals surface area contributed by atoms with Crippen LogP contribution in [0.5, 0.6) is 0 Å². The molecule has 3 N–H and O–H groups in total. The number of nitrogens with one attached hydrogen (secondary N) is 1. The van der Waals surface area contributed by atoms with E-state index in [-0.39, 0.29) is 5.92 Å². The Morgan fingerprint density at radius 2 is 1.88 bits per heavy atom. The Hall–Kier alpha value is -3.74. The van der Waals surface area contributed by atoms with Gasteiger partial charge in [-0.25, -0.2) is 9.37 Å². The number of benzene rings is 1. The minimum absolute atomic E-state index is 0.278. The molecule has 4 heterocycles. The summed E-state index contributed by atoms with van der Waals surface area (Å²) in [7, 11) is 0. The topological polar surface area (TPSA) is 84.9 Å². The third-order valence-electron chi connectivity index (χ3n) is 6.15. The fourth-order valence-electron chi connectivity index (χ4n) is 4.47. The summed E-state index contributed by atoms with van der Waals surface area (Å²) >= 11 is 0. The molecule has 6 nitrogen and oxygen atoms in total. The van der Waals surface area contributed by atoms with Gasteiger partial charge in [-0.3, -0.25) is 4.98 Å². The third kappa shape index (κ3) is 4.06. The van der Waals surface area contributed by atoms with Crippen LogP contribution in [0.4, 0.5) is 10.2 Å². The van der Waals surface area contributed by atoms with Crippen LogP contribution in [0.3, 0.4) is 0 Å². The van der Waals surface area contributed by atoms with Crippen LogP contribution >= 0.6 is 0 Å². The highest BCUT2D eigenvalue weighted by molar-refractivity contribution is 5.84. The molecule has 6 rings (SSSR count). The molecule has 168 valence electrons. The second kappa shape index (κ2) is 8.65. The Morgan fingerprint density at radius 3 is 2.70 bits per heavy atom. The molecule has 5 aromatic rings. The van der Waals surface area contributed by atoms with Crippen LogP contribution in [0.2, 0.25) is 0 Å². The lowest BCUT2D eigenvalue weighted by Crippen LogP contribution is -2.02. The average Bonchev–Trinajstić information content (AvgIpc) is 3.41. The number of aromatic nitrogens is 5. The van der Waals surface area contributed by atoms with Gasteiger partial charge in [0, 0.05) is 40.0 Å². The van der Waals surface area contributed by atoms with Gasteiger partial charge in [-0.2, -0.15) is 9.61 Å². The highest BCUT2D eigenvalue weighted by atomic mass is 19.1. The summed E-state index contributed by atoms with van der Waals surface area (Å²) in [5.74, 6) is 0.335. The lowest BCUT2D eigenvalue weighted by Gasteiger charge is -2.10. The van der Waals surface area contributed by atoms with Crippen molar-refractivity contribution in [2.75, 3.05) is 5.73 Å². The van der Waals surface area contributed by atoms with E-state index in [9.17, 15) is 4.39 Å². The Labute approximate surface area is 191 Å². The third-order valence-corrected chi connectivity index (χ3v) is 6.15. The fourth-order valence-corrected chi connectivity index (χ4v) is 4.47. The summed E-state index contributed by atoms with van der Waals surface area (Å²) < 4.78 is 14.9. The van der Waals surface area contributed by atoms with Crippen LogP contribution in [0, 0.1) is 5.82 Å². The zero-order valence-corrected chi connectivity index (χ0v) is 18.8. The molecule has 0 atom stereocenters. The largest absolute Gasteiger partial charge is 0.384 e. The van der Waals surface area contributed by atoms with Gasteiger partial charge in [0.25, 0.3) is 0 Å². The van der Waals surface area contributed by atoms with Gasteiger partial charge in [0.2, 0.25) is 0 Å². The highest BCUT2D eigenvalue weighted by Gasteiger charge is 2.15. The zero-order chi connectivity index (χ0) is 22.9. The summed E-state index contributed by atoms with van der Waals surface area (Å²) in [4.78, 5) is 11.9. The van der Waals surface area contributed by atoms with Gasteiger partial charge in [-0.05, 0) is 49.3 Å². The first-order valence-corrected chi connectivity index (χ1v) is 11.3. The standard InChI is InChI=1S/C14H14FN5.C12H13N/c1-8(2)11-7-18-20-13(16)4-12(19-14(11)20)9-3-10(15)6-17-5-9;1-3-7-11-9(5-1)10-6-2-4-8-12(10)13-11/h3-8H,16H2,1-2H3;1,3,5,7,13H,2,4,6,8H2. The molecule has 33 heavy (non-hydrogen) atoms. The van der Waals surface area contributed by atoms with Crippen molar-refractivity contribution in [2.45, 2.75) is 45.4 Å². The molecule has 4 aromatic heterocycles. The number of nitrogens with zero attached hydrogens (tertiary/aromatic N) is 4. The first-order chi connectivity index (χ1) is 16.0. The number of nitrogen functional groups attached to an aromatic ring is 1. The normalized spacial score (nSPS) is 13.2. The summed E-state index contributed by atoms with van der Waals surface area (Å²) in [6.45, 7) is 4.12. The van der Waals surface area contributed by atoms with Crippen molar-refractivity contribution in [1.82, 2.24) is 24.6 Å². The number of para-hydroxylation sites is 1. The molecule has 0 fully saturated rings. The predicted molar refractivity (Wildman–Crippen MR) is 130 cm³/mol. The Morgan fingerprint density at radius 1 is 1.06 bits per heavy atom. The highest BCUT2D eigenvalue weighted by Crippen LogP contribution is 2.28. The second-order valence-corrected chi connectivity index (χ2v) is 8.78. The van der Waals surface area contributed by atoms with E-state index in [2.05, 4.69) is 58.2 Å². The number of pyridine rings is 1. The average molecular weight is 443 g/mol. The zero-order valence-electron chi connectivity index (χ0n) is 18.8. The summed E-state index contributed by atoms with van der Waals surface area (Å²) in [6.07, 6.45) is 9.69. The molecule has 7 heteroatoms. The van der Waals surface area contributed by atoms with E-state index in [1.54, 1.807) is 28.5 Å². The van der Waals surface area contributed by atoms with Crippen molar-refractivity contribution in [3.63, 3.8) is 0 Å². The Bertz CT molecular complexity index is 1430. The van der Waals surface area contributed by atoms with Gasteiger partial charge in [0.15, 0.2) is 5.65 Å². The number of halogens is 1. The molecule has 0 saturated heterocycles. The Balaban J connectivity index is 0.000000151. The van der Waals surface area contributed by atoms with Crippen molar-refractivity contribution in [1.29, 1.82) is 0 Å². The van der Waals surface area contributed by atoms with E-state index in [0.29, 0.717) is 22.7 Å². The number of hydrogen-bond donors (Lipinski definition) is 2. The number of hydrogen-bond acceptors (Lipinski definition) is 4. The van der Waals surface area contributed by atoms with Crippen molar-refractivity contribution in [3.8, 4) is 11.3 Å². The minimum Gasteiger partial charge on any atom is -0.384 e.